The first kappa shape index (κ1) is 13.4. The molecule has 0 aliphatic heterocycles. The van der Waals surface area contributed by atoms with Crippen LogP contribution in [0.5, 0.6) is 0 Å². The molecule has 0 saturated carbocycles. The van der Waals surface area contributed by atoms with Crippen molar-refractivity contribution in [3.05, 3.63) is 32.9 Å². The Hall–Kier alpha value is -0.620. The van der Waals surface area contributed by atoms with Crippen molar-refractivity contribution in [2.24, 2.45) is 5.73 Å². The molecule has 1 aromatic rings. The van der Waals surface area contributed by atoms with E-state index < -0.39 is 0 Å². The molecule has 0 saturated heterocycles. The monoisotopic (exact) mass is 332 g/mol. The third-order valence-corrected chi connectivity index (χ3v) is 3.56. The molecule has 0 heterocycles. The van der Waals surface area contributed by atoms with Gasteiger partial charge in [-0.2, -0.15) is 0 Å². The summed E-state index contributed by atoms with van der Waals surface area (Å²) in [7, 11) is 0. The van der Waals surface area contributed by atoms with Crippen molar-refractivity contribution < 1.29 is 4.79 Å². The number of halogens is 1. The molecule has 4 heteroatoms. The third-order valence-electron chi connectivity index (χ3n) is 2.40. The van der Waals surface area contributed by atoms with Gasteiger partial charge in [-0.1, -0.05) is 6.07 Å². The molecule has 0 bridgehead atoms. The van der Waals surface area contributed by atoms with Crippen LogP contribution in [0.15, 0.2) is 18.2 Å². The van der Waals surface area contributed by atoms with E-state index in [1.54, 1.807) is 0 Å². The normalized spacial score (nSPS) is 11.3. The van der Waals surface area contributed by atoms with Crippen LogP contribution in [-0.2, 0) is 0 Å². The molecule has 0 aliphatic rings. The fourth-order valence-electron chi connectivity index (χ4n) is 1.16. The lowest BCUT2D eigenvalue weighted by Crippen LogP contribution is -2.48. The van der Waals surface area contributed by atoms with E-state index in [2.05, 4.69) is 27.9 Å². The number of carbonyl (C=O) groups is 1. The summed E-state index contributed by atoms with van der Waals surface area (Å²) in [6.07, 6.45) is 0. The van der Waals surface area contributed by atoms with Crippen LogP contribution in [0.3, 0.4) is 0 Å². The Morgan fingerprint density at radius 2 is 2.12 bits per heavy atom. The van der Waals surface area contributed by atoms with Crippen LogP contribution in [0.2, 0.25) is 0 Å². The van der Waals surface area contributed by atoms with E-state index >= 15 is 0 Å². The zero-order valence-corrected chi connectivity index (χ0v) is 12.0. The first-order valence-corrected chi connectivity index (χ1v) is 6.22. The smallest absolute Gasteiger partial charge is 0.251 e. The SMILES string of the molecule is Cc1ccc(C(=O)NC(C)(C)CN)cc1I. The van der Waals surface area contributed by atoms with Crippen molar-refractivity contribution >= 4 is 28.5 Å². The Morgan fingerprint density at radius 1 is 1.50 bits per heavy atom. The van der Waals surface area contributed by atoms with Crippen LogP contribution in [-0.4, -0.2) is 18.0 Å². The van der Waals surface area contributed by atoms with Gasteiger partial charge in [0.25, 0.3) is 5.91 Å². The molecule has 3 N–H and O–H groups in total. The number of aryl methyl sites for hydroxylation is 1. The highest BCUT2D eigenvalue weighted by molar-refractivity contribution is 14.1. The molecule has 0 aliphatic carbocycles. The summed E-state index contributed by atoms with van der Waals surface area (Å²) in [5, 5.41) is 2.90. The van der Waals surface area contributed by atoms with E-state index in [0.29, 0.717) is 12.1 Å². The topological polar surface area (TPSA) is 55.1 Å². The number of rotatable bonds is 3. The number of nitrogens with one attached hydrogen (secondary N) is 1. The molecule has 0 atom stereocenters. The number of hydrogen-bond donors (Lipinski definition) is 2. The number of hydrogen-bond acceptors (Lipinski definition) is 2. The van der Waals surface area contributed by atoms with Crippen LogP contribution in [0.4, 0.5) is 0 Å². The summed E-state index contributed by atoms with van der Waals surface area (Å²) < 4.78 is 1.09. The molecular weight excluding hydrogens is 315 g/mol. The lowest BCUT2D eigenvalue weighted by molar-refractivity contribution is 0.0915. The molecule has 0 aromatic heterocycles. The Bertz CT molecular complexity index is 402. The minimum atomic E-state index is -0.368. The largest absolute Gasteiger partial charge is 0.346 e. The van der Waals surface area contributed by atoms with Crippen molar-refractivity contribution in [2.45, 2.75) is 26.3 Å². The van der Waals surface area contributed by atoms with Crippen molar-refractivity contribution in [3.8, 4) is 0 Å². The summed E-state index contributed by atoms with van der Waals surface area (Å²) in [4.78, 5) is 11.9. The molecule has 3 nitrogen and oxygen atoms in total. The molecular formula is C12H17IN2O. The third kappa shape index (κ3) is 3.45. The van der Waals surface area contributed by atoms with Gasteiger partial charge in [0.1, 0.15) is 0 Å². The van der Waals surface area contributed by atoms with Crippen LogP contribution in [0, 0.1) is 10.5 Å². The van der Waals surface area contributed by atoms with Crippen molar-refractivity contribution in [1.29, 1.82) is 0 Å². The van der Waals surface area contributed by atoms with E-state index in [9.17, 15) is 4.79 Å². The van der Waals surface area contributed by atoms with Gasteiger partial charge in [0.2, 0.25) is 0 Å². The predicted octanol–water partition coefficient (Wildman–Crippen LogP) is 2.07. The molecule has 1 rings (SSSR count). The first-order chi connectivity index (χ1) is 7.35. The van der Waals surface area contributed by atoms with Crippen LogP contribution >= 0.6 is 22.6 Å². The average molecular weight is 332 g/mol. The predicted molar refractivity (Wildman–Crippen MR) is 74.5 cm³/mol. The Morgan fingerprint density at radius 3 is 2.62 bits per heavy atom. The van der Waals surface area contributed by atoms with Gasteiger partial charge in [0.05, 0.1) is 0 Å². The van der Waals surface area contributed by atoms with E-state index in [1.165, 1.54) is 5.56 Å². The highest BCUT2D eigenvalue weighted by Crippen LogP contribution is 2.14. The van der Waals surface area contributed by atoms with Gasteiger partial charge < -0.3 is 11.1 Å². The maximum Gasteiger partial charge on any atom is 0.251 e. The minimum absolute atomic E-state index is 0.0756. The van der Waals surface area contributed by atoms with Crippen LogP contribution in [0.25, 0.3) is 0 Å². The van der Waals surface area contributed by atoms with Crippen LogP contribution in [0.1, 0.15) is 29.8 Å². The summed E-state index contributed by atoms with van der Waals surface area (Å²) in [6.45, 7) is 6.25. The van der Waals surface area contributed by atoms with Crippen molar-refractivity contribution in [2.75, 3.05) is 6.54 Å². The first-order valence-electron chi connectivity index (χ1n) is 5.14. The quantitative estimate of drug-likeness (QED) is 0.833. The minimum Gasteiger partial charge on any atom is -0.346 e. The second kappa shape index (κ2) is 5.14. The average Bonchev–Trinajstić information content (AvgIpc) is 2.21. The molecule has 0 radical (unpaired) electrons. The number of carbonyl (C=O) groups excluding carboxylic acids is 1. The zero-order chi connectivity index (χ0) is 12.3. The maximum atomic E-state index is 11.9. The molecule has 88 valence electrons. The Labute approximate surface area is 110 Å². The van der Waals surface area contributed by atoms with Crippen LogP contribution < -0.4 is 11.1 Å². The van der Waals surface area contributed by atoms with Crippen molar-refractivity contribution in [3.63, 3.8) is 0 Å². The molecule has 1 aromatic carbocycles. The van der Waals surface area contributed by atoms with Gasteiger partial charge in [-0.05, 0) is 61.1 Å². The van der Waals surface area contributed by atoms with Gasteiger partial charge in [0, 0.05) is 21.2 Å². The van der Waals surface area contributed by atoms with E-state index in [1.807, 2.05) is 39.0 Å². The summed E-state index contributed by atoms with van der Waals surface area (Å²) in [5.74, 6) is -0.0756. The molecule has 1 amide bonds. The van der Waals surface area contributed by atoms with E-state index in [-0.39, 0.29) is 11.4 Å². The van der Waals surface area contributed by atoms with E-state index in [4.69, 9.17) is 5.73 Å². The standard InChI is InChI=1S/C12H17IN2O/c1-8-4-5-9(6-10(8)13)11(16)15-12(2,3)7-14/h4-6H,7,14H2,1-3H3,(H,15,16). The van der Waals surface area contributed by atoms with Gasteiger partial charge in [0.15, 0.2) is 0 Å². The van der Waals surface area contributed by atoms with Gasteiger partial charge in [-0.3, -0.25) is 4.79 Å². The molecule has 0 spiro atoms. The molecule has 16 heavy (non-hydrogen) atoms. The number of benzene rings is 1. The second-order valence-corrected chi connectivity index (χ2v) is 5.67. The molecule has 0 unspecified atom stereocenters. The van der Waals surface area contributed by atoms with E-state index in [0.717, 1.165) is 3.57 Å². The number of nitrogens with two attached hydrogens (primary N) is 1. The van der Waals surface area contributed by atoms with Gasteiger partial charge in [-0.25, -0.2) is 0 Å². The Balaban J connectivity index is 2.85. The zero-order valence-electron chi connectivity index (χ0n) is 9.80. The van der Waals surface area contributed by atoms with Gasteiger partial charge in [-0.15, -0.1) is 0 Å². The fraction of sp³-hybridized carbons (Fsp3) is 0.417. The lowest BCUT2D eigenvalue weighted by Gasteiger charge is -2.24. The lowest BCUT2D eigenvalue weighted by atomic mass is 10.0. The molecule has 0 fully saturated rings. The number of amides is 1. The summed E-state index contributed by atoms with van der Waals surface area (Å²) >= 11 is 2.23. The summed E-state index contributed by atoms with van der Waals surface area (Å²) in [6, 6.07) is 5.67. The highest BCUT2D eigenvalue weighted by atomic mass is 127. The summed E-state index contributed by atoms with van der Waals surface area (Å²) in [5.41, 5.74) is 7.06. The second-order valence-electron chi connectivity index (χ2n) is 4.51. The van der Waals surface area contributed by atoms with Crippen molar-refractivity contribution in [1.82, 2.24) is 5.32 Å². The maximum absolute atomic E-state index is 11.9. The van der Waals surface area contributed by atoms with Gasteiger partial charge >= 0.3 is 0 Å². The highest BCUT2D eigenvalue weighted by Gasteiger charge is 2.19. The Kier molecular flexibility index (Phi) is 4.32. The fourth-order valence-corrected chi connectivity index (χ4v) is 1.68.